The first-order valence-corrected chi connectivity index (χ1v) is 14.1. The van der Waals surface area contributed by atoms with Crippen molar-refractivity contribution in [1.82, 2.24) is 19.7 Å². The van der Waals surface area contributed by atoms with E-state index in [1.54, 1.807) is 7.11 Å². The highest BCUT2D eigenvalue weighted by molar-refractivity contribution is 6.02. The van der Waals surface area contributed by atoms with Crippen LogP contribution in [0.4, 0.5) is 0 Å². The van der Waals surface area contributed by atoms with Crippen molar-refractivity contribution in [2.24, 2.45) is 0 Å². The number of rotatable bonds is 6. The van der Waals surface area contributed by atoms with Gasteiger partial charge in [0.25, 0.3) is 5.91 Å². The topological polar surface area (TPSA) is 68.9 Å². The van der Waals surface area contributed by atoms with Gasteiger partial charge in [0.05, 0.1) is 18.6 Å². The van der Waals surface area contributed by atoms with Crippen LogP contribution in [0.1, 0.15) is 65.5 Å². The van der Waals surface area contributed by atoms with Crippen molar-refractivity contribution in [2.45, 2.75) is 50.1 Å². The number of benzene rings is 2. The molecule has 6 rings (SSSR count). The van der Waals surface area contributed by atoms with Crippen LogP contribution in [0.25, 0.3) is 10.9 Å². The Kier molecular flexibility index (Phi) is 7.22. The van der Waals surface area contributed by atoms with Gasteiger partial charge in [0.2, 0.25) is 5.91 Å². The van der Waals surface area contributed by atoms with Crippen molar-refractivity contribution in [1.29, 1.82) is 0 Å². The van der Waals surface area contributed by atoms with Gasteiger partial charge in [0, 0.05) is 74.1 Å². The number of fused-ring (bicyclic) bond motifs is 2. The van der Waals surface area contributed by atoms with Crippen molar-refractivity contribution >= 4 is 22.7 Å². The van der Waals surface area contributed by atoms with Gasteiger partial charge in [-0.3, -0.25) is 14.5 Å². The Morgan fingerprint density at radius 3 is 2.47 bits per heavy atom. The summed E-state index contributed by atoms with van der Waals surface area (Å²) in [5.41, 5.74) is 3.45. The molecule has 1 saturated heterocycles. The van der Waals surface area contributed by atoms with Crippen LogP contribution in [0.2, 0.25) is 0 Å². The maximum absolute atomic E-state index is 14.5. The van der Waals surface area contributed by atoms with Crippen molar-refractivity contribution in [3.63, 3.8) is 0 Å². The van der Waals surface area contributed by atoms with E-state index in [0.717, 1.165) is 48.2 Å². The third-order valence-corrected chi connectivity index (χ3v) is 8.90. The van der Waals surface area contributed by atoms with Crippen molar-refractivity contribution < 1.29 is 14.3 Å². The Morgan fingerprint density at radius 2 is 1.68 bits per heavy atom. The first kappa shape index (κ1) is 25.1. The standard InChI is InChI=1S/C31H38N4O3/c1-38-20-19-35-29(26-21-32-27-14-8-7-11-23(26)27)28(24-12-5-6-13-25(24)30(35)36)31(37)34-17-15-33(16-18-34)22-9-3-2-4-10-22/h5-8,11-14,21-22,28-29,32H,2-4,9-10,15-20H2,1H3. The van der Waals surface area contributed by atoms with E-state index in [9.17, 15) is 9.59 Å². The number of aromatic nitrogens is 1. The van der Waals surface area contributed by atoms with Crippen LogP contribution in [0, 0.1) is 0 Å². The molecule has 1 aliphatic carbocycles. The summed E-state index contributed by atoms with van der Waals surface area (Å²) in [6, 6.07) is 16.1. The second-order valence-corrected chi connectivity index (χ2v) is 10.9. The largest absolute Gasteiger partial charge is 0.383 e. The van der Waals surface area contributed by atoms with Crippen LogP contribution in [-0.2, 0) is 9.53 Å². The summed E-state index contributed by atoms with van der Waals surface area (Å²) in [4.78, 5) is 38.2. The van der Waals surface area contributed by atoms with E-state index in [1.807, 2.05) is 58.5 Å². The van der Waals surface area contributed by atoms with Crippen molar-refractivity contribution in [3.05, 3.63) is 71.4 Å². The monoisotopic (exact) mass is 514 g/mol. The van der Waals surface area contributed by atoms with Gasteiger partial charge in [-0.1, -0.05) is 55.7 Å². The van der Waals surface area contributed by atoms with E-state index in [0.29, 0.717) is 24.8 Å². The van der Waals surface area contributed by atoms with Gasteiger partial charge in [0.1, 0.15) is 0 Å². The predicted octanol–water partition coefficient (Wildman–Crippen LogP) is 4.57. The zero-order chi connectivity index (χ0) is 26.1. The summed E-state index contributed by atoms with van der Waals surface area (Å²) in [5, 5.41) is 1.05. The molecule has 2 aliphatic heterocycles. The zero-order valence-electron chi connectivity index (χ0n) is 22.3. The lowest BCUT2D eigenvalue weighted by molar-refractivity contribution is -0.137. The predicted molar refractivity (Wildman–Crippen MR) is 148 cm³/mol. The van der Waals surface area contributed by atoms with Crippen LogP contribution >= 0.6 is 0 Å². The van der Waals surface area contributed by atoms with Gasteiger partial charge in [-0.2, -0.15) is 0 Å². The first-order chi connectivity index (χ1) is 18.7. The molecule has 3 aromatic rings. The van der Waals surface area contributed by atoms with E-state index >= 15 is 0 Å². The Hall–Kier alpha value is -3.16. The molecule has 7 heteroatoms. The Balaban J connectivity index is 1.37. The molecule has 1 saturated carbocycles. The number of aromatic amines is 1. The Bertz CT molecular complexity index is 1290. The quantitative estimate of drug-likeness (QED) is 0.523. The third-order valence-electron chi connectivity index (χ3n) is 8.90. The minimum Gasteiger partial charge on any atom is -0.383 e. The van der Waals surface area contributed by atoms with Crippen LogP contribution in [0.5, 0.6) is 0 Å². The molecule has 2 atom stereocenters. The summed E-state index contributed by atoms with van der Waals surface area (Å²) in [7, 11) is 1.65. The number of piperazine rings is 1. The van der Waals surface area contributed by atoms with Crippen LogP contribution in [-0.4, -0.2) is 84.0 Å². The van der Waals surface area contributed by atoms with E-state index in [4.69, 9.17) is 4.74 Å². The number of nitrogens with zero attached hydrogens (tertiary/aromatic N) is 3. The lowest BCUT2D eigenvalue weighted by atomic mass is 9.78. The summed E-state index contributed by atoms with van der Waals surface area (Å²) >= 11 is 0. The summed E-state index contributed by atoms with van der Waals surface area (Å²) < 4.78 is 5.41. The molecular weight excluding hydrogens is 476 g/mol. The molecule has 1 aromatic heterocycles. The number of nitrogens with one attached hydrogen (secondary N) is 1. The number of hydrogen-bond donors (Lipinski definition) is 1. The first-order valence-electron chi connectivity index (χ1n) is 14.1. The number of H-pyrrole nitrogens is 1. The molecule has 38 heavy (non-hydrogen) atoms. The van der Waals surface area contributed by atoms with E-state index < -0.39 is 12.0 Å². The minimum absolute atomic E-state index is 0.0425. The second-order valence-electron chi connectivity index (χ2n) is 10.9. The molecule has 200 valence electrons. The highest BCUT2D eigenvalue weighted by atomic mass is 16.5. The highest BCUT2D eigenvalue weighted by Gasteiger charge is 2.46. The van der Waals surface area contributed by atoms with Gasteiger partial charge >= 0.3 is 0 Å². The van der Waals surface area contributed by atoms with Gasteiger partial charge in [-0.25, -0.2) is 0 Å². The molecule has 2 unspecified atom stereocenters. The fourth-order valence-electron chi connectivity index (χ4n) is 6.93. The summed E-state index contributed by atoms with van der Waals surface area (Å²) in [6.07, 6.45) is 8.54. The number of hydrogen-bond acceptors (Lipinski definition) is 4. The van der Waals surface area contributed by atoms with E-state index in [-0.39, 0.29) is 11.8 Å². The van der Waals surface area contributed by atoms with Crippen molar-refractivity contribution in [3.8, 4) is 0 Å². The van der Waals surface area contributed by atoms with Gasteiger partial charge < -0.3 is 19.5 Å². The van der Waals surface area contributed by atoms with Gasteiger partial charge in [-0.05, 0) is 30.5 Å². The van der Waals surface area contributed by atoms with Gasteiger partial charge in [0.15, 0.2) is 0 Å². The number of carbonyl (C=O) groups excluding carboxylic acids is 2. The number of ether oxygens (including phenoxy) is 1. The average molecular weight is 515 g/mol. The van der Waals surface area contributed by atoms with E-state index in [1.165, 1.54) is 32.1 Å². The Labute approximate surface area is 224 Å². The molecule has 3 heterocycles. The number of methoxy groups -OCH3 is 1. The molecule has 0 bridgehead atoms. The molecular formula is C31H38N4O3. The maximum atomic E-state index is 14.5. The molecule has 2 aromatic carbocycles. The number of carbonyl (C=O) groups is 2. The Morgan fingerprint density at radius 1 is 0.947 bits per heavy atom. The van der Waals surface area contributed by atoms with E-state index in [2.05, 4.69) is 16.0 Å². The lowest BCUT2D eigenvalue weighted by Crippen LogP contribution is -2.55. The number of para-hydroxylation sites is 1. The number of amides is 2. The molecule has 3 aliphatic rings. The minimum atomic E-state index is -0.471. The molecule has 0 spiro atoms. The third kappa shape index (κ3) is 4.52. The maximum Gasteiger partial charge on any atom is 0.254 e. The van der Waals surface area contributed by atoms with Gasteiger partial charge in [-0.15, -0.1) is 0 Å². The molecule has 2 fully saturated rings. The molecule has 7 nitrogen and oxygen atoms in total. The summed E-state index contributed by atoms with van der Waals surface area (Å²) in [5.74, 6) is -0.397. The van der Waals surface area contributed by atoms with Crippen LogP contribution in [0.3, 0.4) is 0 Å². The normalized spacial score (nSPS) is 23.1. The molecule has 2 amide bonds. The molecule has 1 N–H and O–H groups in total. The molecule has 0 radical (unpaired) electrons. The fourth-order valence-corrected chi connectivity index (χ4v) is 6.93. The summed E-state index contributed by atoms with van der Waals surface area (Å²) in [6.45, 7) is 4.16. The average Bonchev–Trinajstić information content (AvgIpc) is 3.41. The van der Waals surface area contributed by atoms with Crippen molar-refractivity contribution in [2.75, 3.05) is 46.4 Å². The highest BCUT2D eigenvalue weighted by Crippen LogP contribution is 2.45. The fraction of sp³-hybridized carbons (Fsp3) is 0.484. The second kappa shape index (κ2) is 10.9. The smallest absolute Gasteiger partial charge is 0.254 e. The van der Waals surface area contributed by atoms with Crippen LogP contribution in [0.15, 0.2) is 54.7 Å². The lowest BCUT2D eigenvalue weighted by Gasteiger charge is -2.45. The van der Waals surface area contributed by atoms with Crippen LogP contribution < -0.4 is 0 Å². The zero-order valence-corrected chi connectivity index (χ0v) is 22.3. The SMILES string of the molecule is COCCN1C(=O)c2ccccc2C(C(=O)N2CCN(C3CCCCC3)CC2)C1c1c[nH]c2ccccc12.